The largest absolute Gasteiger partial charge is 0.334 e. The minimum atomic E-state index is -0.127. The maximum atomic E-state index is 13.4. The number of likely N-dealkylation sites (tertiary alicyclic amines) is 1. The molecule has 1 saturated heterocycles. The molecule has 5 rings (SSSR count). The Bertz CT molecular complexity index is 1180. The molecule has 1 atom stereocenters. The van der Waals surface area contributed by atoms with Crippen molar-refractivity contribution in [3.8, 4) is 0 Å². The zero-order valence-corrected chi connectivity index (χ0v) is 20.0. The van der Waals surface area contributed by atoms with Crippen LogP contribution in [-0.4, -0.2) is 37.9 Å². The topological polar surface area (TPSA) is 68.1 Å². The first kappa shape index (κ1) is 22.5. The number of hydrogen-bond donors (Lipinski definition) is 0. The molecule has 1 fully saturated rings. The average molecular weight is 457 g/mol. The van der Waals surface area contributed by atoms with Crippen LogP contribution in [0.4, 0.5) is 0 Å². The highest BCUT2D eigenvalue weighted by molar-refractivity contribution is 6.00. The molecular formula is C28H32N4O2. The molecule has 0 saturated carbocycles. The van der Waals surface area contributed by atoms with Crippen LogP contribution in [0.2, 0.25) is 0 Å². The van der Waals surface area contributed by atoms with Gasteiger partial charge >= 0.3 is 0 Å². The minimum Gasteiger partial charge on any atom is -0.334 e. The van der Waals surface area contributed by atoms with E-state index in [2.05, 4.69) is 31.0 Å². The van der Waals surface area contributed by atoms with Crippen LogP contribution in [0.1, 0.15) is 78.4 Å². The molecule has 2 aliphatic rings. The lowest BCUT2D eigenvalue weighted by molar-refractivity contribution is -0.132. The maximum Gasteiger partial charge on any atom is 0.223 e. The highest BCUT2D eigenvalue weighted by Crippen LogP contribution is 2.41. The first-order chi connectivity index (χ1) is 16.4. The lowest BCUT2D eigenvalue weighted by atomic mass is 9.75. The molecule has 3 aromatic rings. The number of rotatable bonds is 6. The normalized spacial score (nSPS) is 19.3. The number of ketones is 1. The molecule has 0 radical (unpaired) electrons. The Morgan fingerprint density at radius 3 is 2.65 bits per heavy atom. The van der Waals surface area contributed by atoms with E-state index in [0.717, 1.165) is 54.7 Å². The number of aryl methyl sites for hydroxylation is 1. The predicted octanol–water partition coefficient (Wildman–Crippen LogP) is 4.78. The van der Waals surface area contributed by atoms with E-state index in [1.54, 1.807) is 6.20 Å². The van der Waals surface area contributed by atoms with Crippen molar-refractivity contribution in [2.24, 2.45) is 5.41 Å². The van der Waals surface area contributed by atoms with Crippen molar-refractivity contribution in [1.82, 2.24) is 19.7 Å². The number of aromatic nitrogens is 3. The SMILES string of the molecule is CC1(C)CC(=O)c2c([C@@H]3CCCN3C(=O)CCc3ccccc3)nn(Cc3cccnc3)c2C1. The summed E-state index contributed by atoms with van der Waals surface area (Å²) in [6.07, 6.45) is 7.91. The summed E-state index contributed by atoms with van der Waals surface area (Å²) in [6.45, 7) is 5.59. The Labute approximate surface area is 201 Å². The van der Waals surface area contributed by atoms with E-state index in [1.165, 1.54) is 5.56 Å². The van der Waals surface area contributed by atoms with Crippen LogP contribution in [0, 0.1) is 5.41 Å². The molecule has 0 N–H and O–H groups in total. The summed E-state index contributed by atoms with van der Waals surface area (Å²) in [6, 6.07) is 14.0. The summed E-state index contributed by atoms with van der Waals surface area (Å²) >= 11 is 0. The smallest absolute Gasteiger partial charge is 0.223 e. The summed E-state index contributed by atoms with van der Waals surface area (Å²) < 4.78 is 1.99. The lowest BCUT2D eigenvalue weighted by Crippen LogP contribution is -2.33. The Morgan fingerprint density at radius 2 is 1.88 bits per heavy atom. The van der Waals surface area contributed by atoms with Gasteiger partial charge in [-0.3, -0.25) is 19.3 Å². The highest BCUT2D eigenvalue weighted by atomic mass is 16.2. The Hall–Kier alpha value is -3.28. The summed E-state index contributed by atoms with van der Waals surface area (Å²) in [5.41, 5.74) is 4.68. The van der Waals surface area contributed by atoms with Gasteiger partial charge in [0.15, 0.2) is 5.78 Å². The fourth-order valence-corrected chi connectivity index (χ4v) is 5.46. The quantitative estimate of drug-likeness (QED) is 0.535. The number of pyridine rings is 1. The van der Waals surface area contributed by atoms with Gasteiger partial charge in [0.25, 0.3) is 0 Å². The lowest BCUT2D eigenvalue weighted by Gasteiger charge is -2.30. The summed E-state index contributed by atoms with van der Waals surface area (Å²) in [5.74, 6) is 0.299. The van der Waals surface area contributed by atoms with Gasteiger partial charge in [-0.15, -0.1) is 0 Å². The zero-order valence-electron chi connectivity index (χ0n) is 20.0. The van der Waals surface area contributed by atoms with Gasteiger partial charge in [-0.1, -0.05) is 50.2 Å². The van der Waals surface area contributed by atoms with Crippen LogP contribution in [0.5, 0.6) is 0 Å². The molecular weight excluding hydrogens is 424 g/mol. The number of benzene rings is 1. The van der Waals surface area contributed by atoms with Crippen LogP contribution >= 0.6 is 0 Å². The molecule has 3 heterocycles. The minimum absolute atomic E-state index is 0.102. The first-order valence-corrected chi connectivity index (χ1v) is 12.3. The van der Waals surface area contributed by atoms with E-state index in [1.807, 2.05) is 46.1 Å². The van der Waals surface area contributed by atoms with Gasteiger partial charge in [0, 0.05) is 31.8 Å². The average Bonchev–Trinajstić information content (AvgIpc) is 3.43. The molecule has 6 nitrogen and oxygen atoms in total. The third-order valence-corrected chi connectivity index (χ3v) is 7.06. The van der Waals surface area contributed by atoms with Crippen molar-refractivity contribution in [3.05, 3.63) is 82.9 Å². The second-order valence-corrected chi connectivity index (χ2v) is 10.4. The van der Waals surface area contributed by atoms with E-state index >= 15 is 0 Å². The summed E-state index contributed by atoms with van der Waals surface area (Å²) in [5, 5.41) is 5.01. The van der Waals surface area contributed by atoms with Gasteiger partial charge in [-0.05, 0) is 48.3 Å². The molecule has 0 bridgehead atoms. The zero-order chi connectivity index (χ0) is 23.7. The molecule has 2 aromatic heterocycles. The molecule has 34 heavy (non-hydrogen) atoms. The van der Waals surface area contributed by atoms with Crippen LogP contribution in [0.15, 0.2) is 54.9 Å². The van der Waals surface area contributed by atoms with E-state index in [9.17, 15) is 9.59 Å². The second kappa shape index (κ2) is 9.16. The Kier molecular flexibility index (Phi) is 6.07. The molecule has 1 aliphatic carbocycles. The summed E-state index contributed by atoms with van der Waals surface area (Å²) in [7, 11) is 0. The molecule has 1 aliphatic heterocycles. The van der Waals surface area contributed by atoms with Crippen LogP contribution in [0.3, 0.4) is 0 Å². The van der Waals surface area contributed by atoms with E-state index in [4.69, 9.17) is 5.10 Å². The van der Waals surface area contributed by atoms with Crippen molar-refractivity contribution in [1.29, 1.82) is 0 Å². The number of hydrogen-bond acceptors (Lipinski definition) is 4. The predicted molar refractivity (Wildman–Crippen MR) is 130 cm³/mol. The molecule has 0 spiro atoms. The van der Waals surface area contributed by atoms with Crippen LogP contribution < -0.4 is 0 Å². The van der Waals surface area contributed by atoms with E-state index in [0.29, 0.717) is 19.4 Å². The Morgan fingerprint density at radius 1 is 1.09 bits per heavy atom. The molecule has 0 unspecified atom stereocenters. The van der Waals surface area contributed by atoms with Gasteiger partial charge in [0.1, 0.15) is 0 Å². The third-order valence-electron chi connectivity index (χ3n) is 7.06. The van der Waals surface area contributed by atoms with Gasteiger partial charge in [-0.25, -0.2) is 0 Å². The number of fused-ring (bicyclic) bond motifs is 1. The van der Waals surface area contributed by atoms with Crippen LogP contribution in [0.25, 0.3) is 0 Å². The van der Waals surface area contributed by atoms with Crippen molar-refractivity contribution >= 4 is 11.7 Å². The van der Waals surface area contributed by atoms with Gasteiger partial charge in [0.05, 0.1) is 29.5 Å². The molecule has 6 heteroatoms. The van der Waals surface area contributed by atoms with Gasteiger partial charge in [0.2, 0.25) is 5.91 Å². The molecule has 1 amide bonds. The number of nitrogens with zero attached hydrogens (tertiary/aromatic N) is 4. The van der Waals surface area contributed by atoms with Crippen molar-refractivity contribution < 1.29 is 9.59 Å². The number of carbonyl (C=O) groups is 2. The Balaban J connectivity index is 1.45. The standard InChI is InChI=1S/C28H32N4O2/c1-28(2)16-23-26(24(33)17-28)27(30-32(23)19-21-10-6-14-29-18-21)22-11-7-15-31(22)25(34)13-12-20-8-4-3-5-9-20/h3-6,8-10,14,18,22H,7,11-13,15-17,19H2,1-2H3/t22-/m0/s1. The van der Waals surface area contributed by atoms with E-state index < -0.39 is 0 Å². The fourth-order valence-electron chi connectivity index (χ4n) is 5.46. The number of carbonyl (C=O) groups excluding carboxylic acids is 2. The number of Topliss-reactive ketones (excluding diaryl/α,β-unsaturated/α-hetero) is 1. The van der Waals surface area contributed by atoms with Crippen LogP contribution in [-0.2, 0) is 24.2 Å². The molecule has 176 valence electrons. The third kappa shape index (κ3) is 4.54. The molecule has 1 aromatic carbocycles. The van der Waals surface area contributed by atoms with Crippen molar-refractivity contribution in [2.75, 3.05) is 6.54 Å². The fraction of sp³-hybridized carbons (Fsp3) is 0.429. The highest BCUT2D eigenvalue weighted by Gasteiger charge is 2.41. The van der Waals surface area contributed by atoms with Crippen molar-refractivity contribution in [2.45, 2.75) is 65.0 Å². The summed E-state index contributed by atoms with van der Waals surface area (Å²) in [4.78, 5) is 32.8. The first-order valence-electron chi connectivity index (χ1n) is 12.3. The van der Waals surface area contributed by atoms with Gasteiger partial charge < -0.3 is 4.90 Å². The van der Waals surface area contributed by atoms with E-state index in [-0.39, 0.29) is 23.1 Å². The van der Waals surface area contributed by atoms with Gasteiger partial charge in [-0.2, -0.15) is 5.10 Å². The number of amides is 1. The van der Waals surface area contributed by atoms with Crippen molar-refractivity contribution in [3.63, 3.8) is 0 Å². The maximum absolute atomic E-state index is 13.4. The second-order valence-electron chi connectivity index (χ2n) is 10.4. The monoisotopic (exact) mass is 456 g/mol.